The lowest BCUT2D eigenvalue weighted by atomic mass is 10.2. The molecule has 0 unspecified atom stereocenters. The summed E-state index contributed by atoms with van der Waals surface area (Å²) in [5, 5.41) is 20.9. The van der Waals surface area contributed by atoms with Crippen LogP contribution < -0.4 is 5.32 Å². The molecule has 1 aliphatic heterocycles. The van der Waals surface area contributed by atoms with Gasteiger partial charge in [0.15, 0.2) is 0 Å². The molecule has 0 radical (unpaired) electrons. The number of ether oxygens (including phenoxy) is 1. The Kier molecular flexibility index (Phi) is 4.41. The third-order valence-electron chi connectivity index (χ3n) is 3.08. The molecule has 1 aliphatic rings. The average molecular weight is 280 g/mol. The number of hydrogen-bond donors (Lipinski definition) is 3. The van der Waals surface area contributed by atoms with Crippen LogP contribution in [0.4, 0.5) is 9.59 Å². The first kappa shape index (κ1) is 14.1. The molecule has 1 aromatic rings. The summed E-state index contributed by atoms with van der Waals surface area (Å²) in [6.07, 6.45) is -2.72. The first-order valence-electron chi connectivity index (χ1n) is 6.19. The molecule has 1 heterocycles. The first-order chi connectivity index (χ1) is 9.56. The molecule has 0 bridgehead atoms. The largest absolute Gasteiger partial charge is 0.465 e. The van der Waals surface area contributed by atoms with Gasteiger partial charge in [0.1, 0.15) is 6.61 Å². The highest BCUT2D eigenvalue weighted by Crippen LogP contribution is 2.10. The van der Waals surface area contributed by atoms with Gasteiger partial charge in [-0.3, -0.25) is 0 Å². The normalized spacial score (nSPS) is 21.6. The van der Waals surface area contributed by atoms with E-state index in [4.69, 9.17) is 9.84 Å². The van der Waals surface area contributed by atoms with Gasteiger partial charge in [-0.15, -0.1) is 0 Å². The lowest BCUT2D eigenvalue weighted by Gasteiger charge is -2.15. The van der Waals surface area contributed by atoms with E-state index >= 15 is 0 Å². The number of rotatable bonds is 3. The van der Waals surface area contributed by atoms with Crippen LogP contribution in [-0.2, 0) is 11.3 Å². The summed E-state index contributed by atoms with van der Waals surface area (Å²) in [6.45, 7) is 0.161. The average Bonchev–Trinajstić information content (AvgIpc) is 2.79. The van der Waals surface area contributed by atoms with E-state index in [0.29, 0.717) is 0 Å². The molecule has 0 spiro atoms. The Bertz CT molecular complexity index is 479. The second-order valence-electron chi connectivity index (χ2n) is 4.57. The Balaban J connectivity index is 1.79. The molecule has 0 saturated carbocycles. The minimum atomic E-state index is -1.12. The minimum Gasteiger partial charge on any atom is -0.465 e. The maximum absolute atomic E-state index is 11.6. The number of aliphatic hydroxyl groups excluding tert-OH is 1. The molecule has 2 rings (SSSR count). The smallest absolute Gasteiger partial charge is 0.407 e. The first-order valence-corrected chi connectivity index (χ1v) is 6.19. The van der Waals surface area contributed by atoms with Gasteiger partial charge in [-0.25, -0.2) is 9.59 Å². The number of nitrogens with one attached hydrogen (secondary N) is 1. The predicted octanol–water partition coefficient (Wildman–Crippen LogP) is 0.636. The van der Waals surface area contributed by atoms with Gasteiger partial charge < -0.3 is 25.2 Å². The van der Waals surface area contributed by atoms with Crippen LogP contribution in [0.1, 0.15) is 5.56 Å². The topological polar surface area (TPSA) is 99.1 Å². The highest BCUT2D eigenvalue weighted by molar-refractivity contribution is 5.69. The number of benzene rings is 1. The van der Waals surface area contributed by atoms with Crippen molar-refractivity contribution in [3.63, 3.8) is 0 Å². The fraction of sp³-hybridized carbons (Fsp3) is 0.385. The zero-order valence-electron chi connectivity index (χ0n) is 10.7. The van der Waals surface area contributed by atoms with Crippen molar-refractivity contribution in [2.75, 3.05) is 13.1 Å². The summed E-state index contributed by atoms with van der Waals surface area (Å²) < 4.78 is 5.01. The number of carboxylic acid groups (broad SMARTS) is 1. The maximum atomic E-state index is 11.6. The van der Waals surface area contributed by atoms with Gasteiger partial charge >= 0.3 is 12.2 Å². The third-order valence-corrected chi connectivity index (χ3v) is 3.08. The van der Waals surface area contributed by atoms with E-state index in [1.165, 1.54) is 0 Å². The van der Waals surface area contributed by atoms with Crippen molar-refractivity contribution >= 4 is 12.2 Å². The standard InChI is InChI=1S/C13H16N2O5/c16-11-7-15(13(18)19)6-10(11)14-12(17)20-8-9-4-2-1-3-5-9/h1-5,10-11,16H,6-8H2,(H,14,17)(H,18,19)/t10-,11+/m0/s1. The Morgan fingerprint density at radius 3 is 2.60 bits per heavy atom. The van der Waals surface area contributed by atoms with Crippen molar-refractivity contribution in [3.05, 3.63) is 35.9 Å². The second-order valence-corrected chi connectivity index (χ2v) is 4.57. The van der Waals surface area contributed by atoms with Gasteiger partial charge in [-0.1, -0.05) is 30.3 Å². The van der Waals surface area contributed by atoms with Gasteiger partial charge in [-0.05, 0) is 5.56 Å². The van der Waals surface area contributed by atoms with Gasteiger partial charge in [0, 0.05) is 6.54 Å². The van der Waals surface area contributed by atoms with Crippen molar-refractivity contribution in [2.45, 2.75) is 18.8 Å². The SMILES string of the molecule is O=C(N[C@H]1CN(C(=O)O)C[C@H]1O)OCc1ccccc1. The molecule has 1 aromatic carbocycles. The summed E-state index contributed by atoms with van der Waals surface area (Å²) in [5.74, 6) is 0. The van der Waals surface area contributed by atoms with Crippen molar-refractivity contribution in [1.82, 2.24) is 10.2 Å². The number of carbonyl (C=O) groups is 2. The molecule has 7 heteroatoms. The fourth-order valence-electron chi connectivity index (χ4n) is 2.00. The molecule has 0 aliphatic carbocycles. The van der Waals surface area contributed by atoms with Crippen molar-refractivity contribution in [3.8, 4) is 0 Å². The number of nitrogens with zero attached hydrogens (tertiary/aromatic N) is 1. The van der Waals surface area contributed by atoms with Crippen LogP contribution in [-0.4, -0.2) is 52.5 Å². The molecule has 3 N–H and O–H groups in total. The van der Waals surface area contributed by atoms with E-state index in [1.807, 2.05) is 30.3 Å². The summed E-state index contributed by atoms with van der Waals surface area (Å²) in [7, 11) is 0. The lowest BCUT2D eigenvalue weighted by molar-refractivity contribution is 0.117. The zero-order valence-corrected chi connectivity index (χ0v) is 10.7. The molecule has 7 nitrogen and oxygen atoms in total. The van der Waals surface area contributed by atoms with E-state index in [9.17, 15) is 14.7 Å². The molecule has 20 heavy (non-hydrogen) atoms. The Labute approximate surface area is 115 Å². The van der Waals surface area contributed by atoms with Crippen LogP contribution in [0, 0.1) is 0 Å². The van der Waals surface area contributed by atoms with Crippen molar-refractivity contribution < 1.29 is 24.5 Å². The molecular formula is C13H16N2O5. The minimum absolute atomic E-state index is 0.0149. The van der Waals surface area contributed by atoms with E-state index in [-0.39, 0.29) is 19.7 Å². The Morgan fingerprint density at radius 1 is 1.30 bits per heavy atom. The Morgan fingerprint density at radius 2 is 2.00 bits per heavy atom. The van der Waals surface area contributed by atoms with Crippen molar-refractivity contribution in [2.24, 2.45) is 0 Å². The highest BCUT2D eigenvalue weighted by Gasteiger charge is 2.35. The van der Waals surface area contributed by atoms with Gasteiger partial charge in [0.2, 0.25) is 0 Å². The molecule has 2 atom stereocenters. The highest BCUT2D eigenvalue weighted by atomic mass is 16.5. The van der Waals surface area contributed by atoms with Gasteiger partial charge in [0.25, 0.3) is 0 Å². The van der Waals surface area contributed by atoms with E-state index in [2.05, 4.69) is 5.32 Å². The number of β-amino-alcohol motifs (C(OH)–C–C–N with tert-alkyl or cyclic N) is 1. The summed E-state index contributed by atoms with van der Waals surface area (Å²) in [5.41, 5.74) is 0.849. The Hall–Kier alpha value is -2.28. The van der Waals surface area contributed by atoms with Crippen LogP contribution in [0.15, 0.2) is 30.3 Å². The van der Waals surface area contributed by atoms with Crippen LogP contribution in [0.5, 0.6) is 0 Å². The van der Waals surface area contributed by atoms with Crippen molar-refractivity contribution in [1.29, 1.82) is 0 Å². The van der Waals surface area contributed by atoms with E-state index in [0.717, 1.165) is 10.5 Å². The monoisotopic (exact) mass is 280 g/mol. The molecule has 1 fully saturated rings. The molecule has 108 valence electrons. The van der Waals surface area contributed by atoms with Gasteiger partial charge in [-0.2, -0.15) is 0 Å². The molecular weight excluding hydrogens is 264 g/mol. The number of alkyl carbamates (subject to hydrolysis) is 1. The van der Waals surface area contributed by atoms with Gasteiger partial charge in [0.05, 0.1) is 18.7 Å². The van der Waals surface area contributed by atoms with Crippen LogP contribution in [0.2, 0.25) is 0 Å². The second kappa shape index (κ2) is 6.25. The number of aliphatic hydroxyl groups is 1. The summed E-state index contributed by atoms with van der Waals surface area (Å²) in [6, 6.07) is 8.53. The summed E-state index contributed by atoms with van der Waals surface area (Å²) in [4.78, 5) is 23.4. The van der Waals surface area contributed by atoms with Crippen LogP contribution >= 0.6 is 0 Å². The number of likely N-dealkylation sites (tertiary alicyclic amines) is 1. The maximum Gasteiger partial charge on any atom is 0.407 e. The predicted molar refractivity (Wildman–Crippen MR) is 69.2 cm³/mol. The zero-order chi connectivity index (χ0) is 14.5. The van der Waals surface area contributed by atoms with E-state index < -0.39 is 24.3 Å². The number of carbonyl (C=O) groups excluding carboxylic acids is 1. The molecule has 0 aromatic heterocycles. The van der Waals surface area contributed by atoms with E-state index in [1.54, 1.807) is 0 Å². The van der Waals surface area contributed by atoms with Crippen LogP contribution in [0.3, 0.4) is 0 Å². The lowest BCUT2D eigenvalue weighted by Crippen LogP contribution is -2.43. The third kappa shape index (κ3) is 3.61. The quantitative estimate of drug-likeness (QED) is 0.754. The summed E-state index contributed by atoms with van der Waals surface area (Å²) >= 11 is 0. The molecule has 1 saturated heterocycles. The fourth-order valence-corrected chi connectivity index (χ4v) is 2.00. The van der Waals surface area contributed by atoms with Crippen LogP contribution in [0.25, 0.3) is 0 Å². The number of amides is 2. The number of hydrogen-bond acceptors (Lipinski definition) is 4. The molecule has 2 amide bonds.